The van der Waals surface area contributed by atoms with Crippen molar-refractivity contribution >= 4 is 11.9 Å². The standard InChI is InChI=1S/C22H21N3O4/c1-15-13-19(26)20(24-25(15)17-11-7-4-8-12-17)21(27)23-18(22(28)29-2)14-16-9-5-3-6-10-16/h3-13,18H,14H2,1-2H3,(H,23,27). The van der Waals surface area contributed by atoms with Gasteiger partial charge in [-0.2, -0.15) is 5.10 Å². The molecule has 1 unspecified atom stereocenters. The number of esters is 1. The smallest absolute Gasteiger partial charge is 0.328 e. The van der Waals surface area contributed by atoms with E-state index < -0.39 is 23.3 Å². The van der Waals surface area contributed by atoms with Crippen LogP contribution in [0.25, 0.3) is 5.69 Å². The minimum Gasteiger partial charge on any atom is -0.467 e. The van der Waals surface area contributed by atoms with E-state index in [-0.39, 0.29) is 12.1 Å². The molecule has 0 bridgehead atoms. The number of carbonyl (C=O) groups excluding carboxylic acids is 2. The van der Waals surface area contributed by atoms with Crippen molar-refractivity contribution in [3.8, 4) is 5.69 Å². The van der Waals surface area contributed by atoms with E-state index in [0.717, 1.165) is 5.56 Å². The van der Waals surface area contributed by atoms with E-state index in [0.29, 0.717) is 11.4 Å². The first kappa shape index (κ1) is 20.0. The molecule has 29 heavy (non-hydrogen) atoms. The molecule has 1 N–H and O–H groups in total. The number of benzene rings is 2. The summed E-state index contributed by atoms with van der Waals surface area (Å²) in [5.74, 6) is -1.33. The molecule has 0 saturated heterocycles. The second-order valence-electron chi connectivity index (χ2n) is 6.48. The van der Waals surface area contributed by atoms with Gasteiger partial charge in [-0.05, 0) is 24.6 Å². The zero-order chi connectivity index (χ0) is 20.8. The molecule has 0 fully saturated rings. The van der Waals surface area contributed by atoms with Crippen molar-refractivity contribution in [1.82, 2.24) is 15.1 Å². The molecule has 0 aliphatic carbocycles. The monoisotopic (exact) mass is 391 g/mol. The van der Waals surface area contributed by atoms with Gasteiger partial charge in [-0.3, -0.25) is 9.59 Å². The molecule has 148 valence electrons. The van der Waals surface area contributed by atoms with E-state index in [1.165, 1.54) is 17.9 Å². The van der Waals surface area contributed by atoms with E-state index in [1.807, 2.05) is 60.7 Å². The lowest BCUT2D eigenvalue weighted by atomic mass is 10.1. The summed E-state index contributed by atoms with van der Waals surface area (Å²) in [4.78, 5) is 37.3. The highest BCUT2D eigenvalue weighted by Gasteiger charge is 2.25. The minimum absolute atomic E-state index is 0.234. The molecular weight excluding hydrogens is 370 g/mol. The minimum atomic E-state index is -0.942. The number of para-hydroxylation sites is 1. The summed E-state index contributed by atoms with van der Waals surface area (Å²) in [6, 6.07) is 18.8. The molecule has 3 aromatic rings. The number of nitrogens with one attached hydrogen (secondary N) is 1. The first-order valence-corrected chi connectivity index (χ1v) is 9.08. The summed E-state index contributed by atoms with van der Waals surface area (Å²) in [6.45, 7) is 1.73. The fraction of sp³-hybridized carbons (Fsp3) is 0.182. The molecule has 7 nitrogen and oxygen atoms in total. The van der Waals surface area contributed by atoms with Gasteiger partial charge in [-0.1, -0.05) is 48.5 Å². The van der Waals surface area contributed by atoms with Gasteiger partial charge in [0.1, 0.15) is 6.04 Å². The van der Waals surface area contributed by atoms with Crippen LogP contribution in [0.1, 0.15) is 21.7 Å². The lowest BCUT2D eigenvalue weighted by Gasteiger charge is -2.17. The number of rotatable bonds is 6. The molecule has 1 atom stereocenters. The lowest BCUT2D eigenvalue weighted by Crippen LogP contribution is -2.45. The third-order valence-electron chi connectivity index (χ3n) is 4.40. The van der Waals surface area contributed by atoms with Crippen LogP contribution in [0.2, 0.25) is 0 Å². The highest BCUT2D eigenvalue weighted by atomic mass is 16.5. The van der Waals surface area contributed by atoms with Crippen LogP contribution in [0.3, 0.4) is 0 Å². The molecule has 3 rings (SSSR count). The molecule has 7 heteroatoms. The molecular formula is C22H21N3O4. The Hall–Kier alpha value is -3.74. The van der Waals surface area contributed by atoms with Crippen LogP contribution in [0, 0.1) is 6.92 Å². The van der Waals surface area contributed by atoms with E-state index in [2.05, 4.69) is 10.4 Å². The zero-order valence-electron chi connectivity index (χ0n) is 16.2. The van der Waals surface area contributed by atoms with Crippen LogP contribution in [0.4, 0.5) is 0 Å². The van der Waals surface area contributed by atoms with Crippen molar-refractivity contribution in [3.63, 3.8) is 0 Å². The highest BCUT2D eigenvalue weighted by molar-refractivity contribution is 5.95. The van der Waals surface area contributed by atoms with Gasteiger partial charge >= 0.3 is 5.97 Å². The van der Waals surface area contributed by atoms with Gasteiger partial charge in [0, 0.05) is 18.2 Å². The van der Waals surface area contributed by atoms with E-state index in [4.69, 9.17) is 4.74 Å². The average Bonchev–Trinajstić information content (AvgIpc) is 2.74. The topological polar surface area (TPSA) is 90.3 Å². The Balaban J connectivity index is 1.90. The molecule has 0 spiro atoms. The SMILES string of the molecule is COC(=O)C(Cc1ccccc1)NC(=O)c1nn(-c2ccccc2)c(C)cc1=O. The maximum atomic E-state index is 12.8. The Kier molecular flexibility index (Phi) is 6.19. The summed E-state index contributed by atoms with van der Waals surface area (Å²) in [5.41, 5.74) is 1.35. The number of aryl methyl sites for hydroxylation is 1. The Bertz CT molecular complexity index is 1060. The van der Waals surface area contributed by atoms with Gasteiger partial charge in [0.25, 0.3) is 5.91 Å². The van der Waals surface area contributed by atoms with Crippen molar-refractivity contribution in [3.05, 3.63) is 93.9 Å². The number of amides is 1. The summed E-state index contributed by atoms with van der Waals surface area (Å²) in [5, 5.41) is 6.81. The Labute approximate surface area is 168 Å². The van der Waals surface area contributed by atoms with Crippen LogP contribution in [0.15, 0.2) is 71.5 Å². The molecule has 1 amide bonds. The second kappa shape index (κ2) is 8.97. The average molecular weight is 391 g/mol. The third-order valence-corrected chi connectivity index (χ3v) is 4.40. The van der Waals surface area contributed by atoms with Crippen LogP contribution < -0.4 is 10.7 Å². The quantitative estimate of drug-likeness (QED) is 0.650. The Morgan fingerprint density at radius 2 is 1.69 bits per heavy atom. The number of carbonyl (C=O) groups is 2. The predicted octanol–water partition coefficient (Wildman–Crippen LogP) is 2.06. The maximum absolute atomic E-state index is 12.8. The molecule has 1 aromatic heterocycles. The Morgan fingerprint density at radius 1 is 1.07 bits per heavy atom. The number of ether oxygens (including phenoxy) is 1. The van der Waals surface area contributed by atoms with Gasteiger partial charge < -0.3 is 10.1 Å². The number of hydrogen-bond acceptors (Lipinski definition) is 5. The number of hydrogen-bond donors (Lipinski definition) is 1. The van der Waals surface area contributed by atoms with Crippen molar-refractivity contribution in [2.45, 2.75) is 19.4 Å². The van der Waals surface area contributed by atoms with Crippen LogP contribution in [-0.4, -0.2) is 34.8 Å². The van der Waals surface area contributed by atoms with E-state index >= 15 is 0 Å². The summed E-state index contributed by atoms with van der Waals surface area (Å²) >= 11 is 0. The first-order chi connectivity index (χ1) is 14.0. The van der Waals surface area contributed by atoms with Gasteiger partial charge in [0.2, 0.25) is 5.43 Å². The molecule has 0 saturated carbocycles. The molecule has 1 heterocycles. The van der Waals surface area contributed by atoms with Gasteiger partial charge in [0.05, 0.1) is 12.8 Å². The van der Waals surface area contributed by atoms with Crippen molar-refractivity contribution in [1.29, 1.82) is 0 Å². The number of nitrogens with zero attached hydrogens (tertiary/aromatic N) is 2. The molecule has 0 aliphatic rings. The third kappa shape index (κ3) is 4.76. The normalized spacial score (nSPS) is 11.5. The molecule has 0 radical (unpaired) electrons. The fourth-order valence-corrected chi connectivity index (χ4v) is 2.95. The predicted molar refractivity (Wildman–Crippen MR) is 108 cm³/mol. The van der Waals surface area contributed by atoms with Crippen molar-refractivity contribution in [2.75, 3.05) is 7.11 Å². The summed E-state index contributed by atoms with van der Waals surface area (Å²) in [7, 11) is 1.25. The van der Waals surface area contributed by atoms with Crippen molar-refractivity contribution < 1.29 is 14.3 Å². The maximum Gasteiger partial charge on any atom is 0.328 e. The first-order valence-electron chi connectivity index (χ1n) is 9.08. The van der Waals surface area contributed by atoms with Crippen molar-refractivity contribution in [2.24, 2.45) is 0 Å². The molecule has 2 aromatic carbocycles. The van der Waals surface area contributed by atoms with Gasteiger partial charge in [-0.15, -0.1) is 0 Å². The van der Waals surface area contributed by atoms with Crippen LogP contribution >= 0.6 is 0 Å². The molecule has 0 aliphatic heterocycles. The fourth-order valence-electron chi connectivity index (χ4n) is 2.95. The van der Waals surface area contributed by atoms with Crippen LogP contribution in [-0.2, 0) is 16.0 Å². The Morgan fingerprint density at radius 3 is 2.31 bits per heavy atom. The number of methoxy groups -OCH3 is 1. The van der Waals surface area contributed by atoms with E-state index in [1.54, 1.807) is 6.92 Å². The largest absolute Gasteiger partial charge is 0.467 e. The second-order valence-corrected chi connectivity index (χ2v) is 6.48. The lowest BCUT2D eigenvalue weighted by molar-refractivity contribution is -0.142. The van der Waals surface area contributed by atoms with Crippen LogP contribution in [0.5, 0.6) is 0 Å². The highest BCUT2D eigenvalue weighted by Crippen LogP contribution is 2.09. The summed E-state index contributed by atoms with van der Waals surface area (Å²) in [6.07, 6.45) is 0.234. The zero-order valence-corrected chi connectivity index (χ0v) is 16.2. The number of aromatic nitrogens is 2. The van der Waals surface area contributed by atoms with Gasteiger partial charge in [0.15, 0.2) is 5.69 Å². The summed E-state index contributed by atoms with van der Waals surface area (Å²) < 4.78 is 6.32. The van der Waals surface area contributed by atoms with E-state index in [9.17, 15) is 14.4 Å². The van der Waals surface area contributed by atoms with Gasteiger partial charge in [-0.25, -0.2) is 9.48 Å².